The van der Waals surface area contributed by atoms with E-state index < -0.39 is 0 Å². The van der Waals surface area contributed by atoms with Crippen LogP contribution in [0.1, 0.15) is 38.5 Å². The number of nitrogens with zero attached hydrogens (tertiary/aromatic N) is 9. The van der Waals surface area contributed by atoms with Crippen LogP contribution in [-0.4, -0.2) is 69.9 Å². The number of benzene rings is 6. The van der Waals surface area contributed by atoms with Crippen molar-refractivity contribution in [1.82, 2.24) is 45.5 Å². The summed E-state index contributed by atoms with van der Waals surface area (Å²) in [6, 6.07) is 59.2. The molecule has 3 aliphatic heterocycles. The Labute approximate surface area is 421 Å². The Morgan fingerprint density at radius 1 is 0.269 bits per heavy atom. The first kappa shape index (κ1) is 50.2. The largest absolute Gasteiger partial charge is 3.00 e. The molecule has 3 aromatic heterocycles. The molecule has 3 aliphatic rings. The van der Waals surface area contributed by atoms with Crippen molar-refractivity contribution < 1.29 is 49.8 Å². The van der Waals surface area contributed by atoms with E-state index >= 15 is 0 Å². The molecule has 6 aromatic carbocycles. The minimum atomic E-state index is 0. The molecule has 6 heterocycles. The van der Waals surface area contributed by atoms with Crippen molar-refractivity contribution in [3.63, 3.8) is 0 Å². The quantitative estimate of drug-likeness (QED) is 0.156. The Hall–Kier alpha value is -6.19. The van der Waals surface area contributed by atoms with Gasteiger partial charge in [0.05, 0.1) is 17.5 Å². The monoisotopic (exact) mass is 1020 g/mol. The Morgan fingerprint density at radius 2 is 0.463 bits per heavy atom. The molecule has 0 saturated carbocycles. The van der Waals surface area contributed by atoms with E-state index in [1.54, 1.807) is 0 Å². The predicted molar refractivity (Wildman–Crippen MR) is 259 cm³/mol. The van der Waals surface area contributed by atoms with Crippen molar-refractivity contribution in [1.29, 1.82) is 0 Å². The molecule has 12 rings (SSSR count). The second kappa shape index (κ2) is 29.5. The van der Waals surface area contributed by atoms with Gasteiger partial charge in [0.15, 0.2) is 0 Å². The van der Waals surface area contributed by atoms with Gasteiger partial charge in [-0.2, -0.15) is 0 Å². The van der Waals surface area contributed by atoms with Crippen LogP contribution in [0.2, 0.25) is 0 Å². The molecular formula is C54H54LaN9O3. The average Bonchev–Trinajstić information content (AvgIpc) is 4.26. The van der Waals surface area contributed by atoms with Crippen LogP contribution in [0.5, 0.6) is 0 Å². The third-order valence-electron chi connectivity index (χ3n) is 10.0. The van der Waals surface area contributed by atoms with E-state index in [1.807, 2.05) is 182 Å². The van der Waals surface area contributed by atoms with Crippen LogP contribution in [0.4, 0.5) is 0 Å². The van der Waals surface area contributed by atoms with Gasteiger partial charge in [-0.25, -0.2) is 0 Å². The number of aromatic nitrogens is 9. The van der Waals surface area contributed by atoms with E-state index in [1.165, 1.54) is 38.5 Å². The molecule has 0 amide bonds. The number of hydrogen-bond acceptors (Lipinski definition) is 9. The minimum absolute atomic E-state index is 0. The molecule has 0 atom stereocenters. The Bertz CT molecular complexity index is 2140. The van der Waals surface area contributed by atoms with Gasteiger partial charge in [-0.3, -0.25) is 15.3 Å². The maximum atomic E-state index is 4.94. The molecule has 3 fully saturated rings. The molecular weight excluding hydrogens is 962 g/mol. The minimum Gasteiger partial charge on any atom is -0.418 e. The summed E-state index contributed by atoms with van der Waals surface area (Å²) in [5, 5.41) is 24.6. The molecule has 0 unspecified atom stereocenters. The zero-order valence-electron chi connectivity index (χ0n) is 37.6. The van der Waals surface area contributed by atoms with Gasteiger partial charge in [0.1, 0.15) is 0 Å². The van der Waals surface area contributed by atoms with Crippen LogP contribution >= 0.6 is 0 Å². The molecule has 0 spiro atoms. The van der Waals surface area contributed by atoms with Crippen LogP contribution in [0.25, 0.3) is 68.3 Å². The van der Waals surface area contributed by atoms with Crippen molar-refractivity contribution in [3.8, 4) is 68.3 Å². The topological polar surface area (TPSA) is 147 Å². The molecule has 0 aliphatic carbocycles. The van der Waals surface area contributed by atoms with Crippen molar-refractivity contribution in [2.45, 2.75) is 38.5 Å². The van der Waals surface area contributed by atoms with E-state index in [0.29, 0.717) is 34.9 Å². The summed E-state index contributed by atoms with van der Waals surface area (Å²) in [6.07, 6.45) is 7.67. The molecule has 336 valence electrons. The molecule has 0 radical (unpaired) electrons. The Kier molecular flexibility index (Phi) is 22.1. The number of ether oxygens (including phenoxy) is 3. The number of hydrogen-bond donors (Lipinski definition) is 0. The second-order valence-corrected chi connectivity index (χ2v) is 15.0. The first-order valence-electron chi connectivity index (χ1n) is 22.5. The van der Waals surface area contributed by atoms with Gasteiger partial charge >= 0.3 is 35.6 Å². The van der Waals surface area contributed by atoms with Gasteiger partial charge in [-0.05, 0) is 89.4 Å². The van der Waals surface area contributed by atoms with Gasteiger partial charge in [0, 0.05) is 39.6 Å². The van der Waals surface area contributed by atoms with E-state index in [-0.39, 0.29) is 35.6 Å². The summed E-state index contributed by atoms with van der Waals surface area (Å²) in [5.41, 5.74) is 5.93. The molecule has 67 heavy (non-hydrogen) atoms. The predicted octanol–water partition coefficient (Wildman–Crippen LogP) is 10.7. The van der Waals surface area contributed by atoms with Crippen molar-refractivity contribution in [3.05, 3.63) is 182 Å². The maximum absolute atomic E-state index is 4.94. The van der Waals surface area contributed by atoms with Crippen molar-refractivity contribution in [2.75, 3.05) is 39.6 Å². The van der Waals surface area contributed by atoms with Crippen molar-refractivity contribution >= 4 is 0 Å². The second-order valence-electron chi connectivity index (χ2n) is 15.0. The number of rotatable bonds is 6. The van der Waals surface area contributed by atoms with Gasteiger partial charge in [0.2, 0.25) is 0 Å². The Balaban J connectivity index is 0.000000142. The molecule has 13 heteroatoms. The average molecular weight is 1020 g/mol. The van der Waals surface area contributed by atoms with Crippen LogP contribution in [0.3, 0.4) is 0 Å². The third kappa shape index (κ3) is 17.2. The van der Waals surface area contributed by atoms with Crippen molar-refractivity contribution in [2.24, 2.45) is 0 Å². The SMILES string of the molecule is C1CCOC1.C1CCOC1.C1CCOC1.[La+3].c1ccc(-c2n[n-]c(-c3ccccc3)n2)cc1.c1ccc(-c2n[n-]c(-c3ccccc3)n2)cc1.c1ccc(-c2n[n-]c(-c3ccccc3)n2)cc1. The molecule has 0 bridgehead atoms. The van der Waals surface area contributed by atoms with Crippen LogP contribution < -0.4 is 15.3 Å². The fraction of sp³-hybridized carbons (Fsp3) is 0.222. The normalized spacial score (nSPS) is 13.3. The van der Waals surface area contributed by atoms with E-state index in [2.05, 4.69) is 45.5 Å². The van der Waals surface area contributed by atoms with Crippen LogP contribution in [0, 0.1) is 35.6 Å². The third-order valence-corrected chi connectivity index (χ3v) is 10.0. The first-order chi connectivity index (χ1) is 32.8. The summed E-state index contributed by atoms with van der Waals surface area (Å²) < 4.78 is 14.8. The zero-order valence-corrected chi connectivity index (χ0v) is 41.3. The smallest absolute Gasteiger partial charge is 0.418 e. The zero-order chi connectivity index (χ0) is 45.1. The van der Waals surface area contributed by atoms with Gasteiger partial charge in [-0.15, -0.1) is 0 Å². The molecule has 0 N–H and O–H groups in total. The van der Waals surface area contributed by atoms with E-state index in [9.17, 15) is 0 Å². The maximum Gasteiger partial charge on any atom is 3.00 e. The molecule has 12 nitrogen and oxygen atoms in total. The van der Waals surface area contributed by atoms with Gasteiger partial charge < -0.3 is 44.5 Å². The molecule has 3 saturated heterocycles. The summed E-state index contributed by atoms with van der Waals surface area (Å²) in [7, 11) is 0. The summed E-state index contributed by atoms with van der Waals surface area (Å²) in [6.45, 7) is 6.00. The standard InChI is InChI=1S/3C14H10N3.3C4H8O.La/c3*1-3-7-11(8-4-1)13-15-14(17-16-13)12-9-5-2-6-10-12;3*1-2-4-5-3-1;/h3*1-10H;3*1-4H2;/q3*-1;;;;+3. The first-order valence-corrected chi connectivity index (χ1v) is 22.5. The van der Waals surface area contributed by atoms with E-state index in [0.717, 1.165) is 73.0 Å². The summed E-state index contributed by atoms with van der Waals surface area (Å²) in [5.74, 6) is 4.02. The van der Waals surface area contributed by atoms with Crippen LogP contribution in [-0.2, 0) is 14.2 Å². The van der Waals surface area contributed by atoms with E-state index in [4.69, 9.17) is 14.2 Å². The molecule has 9 aromatic rings. The summed E-state index contributed by atoms with van der Waals surface area (Å²) >= 11 is 0. The summed E-state index contributed by atoms with van der Waals surface area (Å²) in [4.78, 5) is 13.3. The fourth-order valence-electron chi connectivity index (χ4n) is 6.51. The Morgan fingerprint density at radius 3 is 0.642 bits per heavy atom. The van der Waals surface area contributed by atoms with Gasteiger partial charge in [0.25, 0.3) is 0 Å². The van der Waals surface area contributed by atoms with Crippen LogP contribution in [0.15, 0.2) is 182 Å². The van der Waals surface area contributed by atoms with Gasteiger partial charge in [-0.1, -0.05) is 182 Å². The fourth-order valence-corrected chi connectivity index (χ4v) is 6.51.